The van der Waals surface area contributed by atoms with Gasteiger partial charge in [0.15, 0.2) is 0 Å². The predicted octanol–water partition coefficient (Wildman–Crippen LogP) is 2.67. The number of nitrogens with one attached hydrogen (secondary N) is 1. The van der Waals surface area contributed by atoms with Gasteiger partial charge in [0.1, 0.15) is 5.82 Å². The van der Waals surface area contributed by atoms with Crippen molar-refractivity contribution in [1.29, 1.82) is 0 Å². The second kappa shape index (κ2) is 4.58. The molecule has 72 valence electrons. The highest BCUT2D eigenvalue weighted by atomic mass is 35.5. The lowest BCUT2D eigenvalue weighted by molar-refractivity contribution is 0.606. The summed E-state index contributed by atoms with van der Waals surface area (Å²) in [5, 5.41) is 3.33. The minimum Gasteiger partial charge on any atom is -0.310 e. The monoisotopic (exact) mass is 201 g/mol. The Hall–Kier alpha value is -0.600. The van der Waals surface area contributed by atoms with Crippen LogP contribution in [0.15, 0.2) is 24.3 Å². The van der Waals surface area contributed by atoms with Crippen molar-refractivity contribution >= 4 is 12.4 Å². The summed E-state index contributed by atoms with van der Waals surface area (Å²) < 4.78 is 12.8. The molecule has 0 unspecified atom stereocenters. The van der Waals surface area contributed by atoms with Gasteiger partial charge in [-0.05, 0) is 37.1 Å². The van der Waals surface area contributed by atoms with Crippen molar-refractivity contribution in [2.45, 2.75) is 18.9 Å². The average molecular weight is 202 g/mol. The minimum absolute atomic E-state index is 0. The Bertz CT molecular complexity index is 271. The zero-order chi connectivity index (χ0) is 8.39. The standard InChI is InChI=1S/C10H12FN.ClH/c11-9-4-1-3-8(7-9)10-5-2-6-12-10;/h1,3-4,7,10,12H,2,5-6H2;1H/t10-;/m1./s1. The highest BCUT2D eigenvalue weighted by molar-refractivity contribution is 5.85. The maximum atomic E-state index is 12.8. The van der Waals surface area contributed by atoms with E-state index < -0.39 is 0 Å². The molecule has 13 heavy (non-hydrogen) atoms. The normalized spacial score (nSPS) is 21.2. The van der Waals surface area contributed by atoms with Crippen molar-refractivity contribution in [1.82, 2.24) is 5.32 Å². The van der Waals surface area contributed by atoms with E-state index in [0.29, 0.717) is 6.04 Å². The number of hydrogen-bond donors (Lipinski definition) is 1. The molecule has 1 saturated heterocycles. The molecule has 1 aliphatic rings. The van der Waals surface area contributed by atoms with E-state index in [1.165, 1.54) is 12.5 Å². The molecular formula is C10H13ClFN. The molecule has 0 aromatic heterocycles. The maximum absolute atomic E-state index is 12.8. The van der Waals surface area contributed by atoms with E-state index in [2.05, 4.69) is 5.32 Å². The van der Waals surface area contributed by atoms with Crippen molar-refractivity contribution in [3.8, 4) is 0 Å². The lowest BCUT2D eigenvalue weighted by Gasteiger charge is -2.09. The summed E-state index contributed by atoms with van der Waals surface area (Å²) >= 11 is 0. The lowest BCUT2D eigenvalue weighted by Crippen LogP contribution is -2.12. The third-order valence-electron chi connectivity index (χ3n) is 2.31. The fourth-order valence-corrected chi connectivity index (χ4v) is 1.69. The highest BCUT2D eigenvalue weighted by Crippen LogP contribution is 2.22. The summed E-state index contributed by atoms with van der Waals surface area (Å²) in [4.78, 5) is 0. The Morgan fingerprint density at radius 1 is 1.38 bits per heavy atom. The fraction of sp³-hybridized carbons (Fsp3) is 0.400. The highest BCUT2D eigenvalue weighted by Gasteiger charge is 2.15. The van der Waals surface area contributed by atoms with Crippen molar-refractivity contribution < 1.29 is 4.39 Å². The first-order valence-electron chi connectivity index (χ1n) is 4.35. The Kier molecular flexibility index (Phi) is 3.70. The van der Waals surface area contributed by atoms with Crippen LogP contribution in [0.5, 0.6) is 0 Å². The van der Waals surface area contributed by atoms with E-state index in [1.54, 1.807) is 12.1 Å². The largest absolute Gasteiger partial charge is 0.310 e. The summed E-state index contributed by atoms with van der Waals surface area (Å²) in [5.41, 5.74) is 1.08. The first-order valence-corrected chi connectivity index (χ1v) is 4.35. The summed E-state index contributed by atoms with van der Waals surface area (Å²) in [6, 6.07) is 7.22. The number of benzene rings is 1. The smallest absolute Gasteiger partial charge is 0.123 e. The molecule has 1 aromatic carbocycles. The van der Waals surface area contributed by atoms with Gasteiger partial charge in [0, 0.05) is 6.04 Å². The van der Waals surface area contributed by atoms with E-state index in [-0.39, 0.29) is 18.2 Å². The average Bonchev–Trinajstić information content (AvgIpc) is 2.56. The van der Waals surface area contributed by atoms with Crippen LogP contribution >= 0.6 is 12.4 Å². The van der Waals surface area contributed by atoms with Crippen LogP contribution in [0.4, 0.5) is 4.39 Å². The zero-order valence-corrected chi connectivity index (χ0v) is 8.11. The quantitative estimate of drug-likeness (QED) is 0.737. The van der Waals surface area contributed by atoms with Crippen LogP contribution in [-0.2, 0) is 0 Å². The first kappa shape index (κ1) is 10.5. The number of halogens is 2. The maximum Gasteiger partial charge on any atom is 0.123 e. The Morgan fingerprint density at radius 2 is 2.23 bits per heavy atom. The van der Waals surface area contributed by atoms with Crippen LogP contribution < -0.4 is 5.32 Å². The Morgan fingerprint density at radius 3 is 2.85 bits per heavy atom. The van der Waals surface area contributed by atoms with Gasteiger partial charge in [-0.25, -0.2) is 4.39 Å². The summed E-state index contributed by atoms with van der Waals surface area (Å²) in [5.74, 6) is -0.138. The van der Waals surface area contributed by atoms with Crippen LogP contribution in [-0.4, -0.2) is 6.54 Å². The number of rotatable bonds is 1. The molecule has 1 aromatic rings. The Balaban J connectivity index is 0.000000845. The molecule has 1 atom stereocenters. The minimum atomic E-state index is -0.138. The molecule has 1 nitrogen and oxygen atoms in total. The molecule has 1 N–H and O–H groups in total. The van der Waals surface area contributed by atoms with Crippen LogP contribution in [0.3, 0.4) is 0 Å². The fourth-order valence-electron chi connectivity index (χ4n) is 1.69. The van der Waals surface area contributed by atoms with Gasteiger partial charge in [0.05, 0.1) is 0 Å². The van der Waals surface area contributed by atoms with Gasteiger partial charge in [0.25, 0.3) is 0 Å². The molecule has 1 heterocycles. The summed E-state index contributed by atoms with van der Waals surface area (Å²) in [6.45, 7) is 1.06. The molecule has 1 fully saturated rings. The van der Waals surface area contributed by atoms with Gasteiger partial charge in [-0.2, -0.15) is 0 Å². The third-order valence-corrected chi connectivity index (χ3v) is 2.31. The van der Waals surface area contributed by atoms with E-state index in [0.717, 1.165) is 18.5 Å². The molecule has 3 heteroatoms. The molecule has 0 bridgehead atoms. The summed E-state index contributed by atoms with van der Waals surface area (Å²) in [7, 11) is 0. The third kappa shape index (κ3) is 2.42. The predicted molar refractivity (Wildman–Crippen MR) is 53.6 cm³/mol. The van der Waals surface area contributed by atoms with Crippen LogP contribution in [0.2, 0.25) is 0 Å². The van der Waals surface area contributed by atoms with E-state index in [9.17, 15) is 4.39 Å². The molecule has 0 spiro atoms. The lowest BCUT2D eigenvalue weighted by atomic mass is 10.1. The van der Waals surface area contributed by atoms with Gasteiger partial charge < -0.3 is 5.32 Å². The van der Waals surface area contributed by atoms with Crippen molar-refractivity contribution in [3.63, 3.8) is 0 Å². The SMILES string of the molecule is Cl.Fc1cccc([C@H]2CCCN2)c1. The van der Waals surface area contributed by atoms with Crippen LogP contribution in [0, 0.1) is 5.82 Å². The molecule has 1 aliphatic heterocycles. The van der Waals surface area contributed by atoms with Crippen LogP contribution in [0.25, 0.3) is 0 Å². The van der Waals surface area contributed by atoms with Crippen LogP contribution in [0.1, 0.15) is 24.4 Å². The van der Waals surface area contributed by atoms with Gasteiger partial charge in [-0.1, -0.05) is 12.1 Å². The molecule has 0 amide bonds. The van der Waals surface area contributed by atoms with E-state index >= 15 is 0 Å². The zero-order valence-electron chi connectivity index (χ0n) is 7.29. The molecular weight excluding hydrogens is 189 g/mol. The van der Waals surface area contributed by atoms with Gasteiger partial charge in [0.2, 0.25) is 0 Å². The first-order chi connectivity index (χ1) is 5.86. The molecule has 2 rings (SSSR count). The van der Waals surface area contributed by atoms with Gasteiger partial charge >= 0.3 is 0 Å². The van der Waals surface area contributed by atoms with Gasteiger partial charge in [-0.15, -0.1) is 12.4 Å². The second-order valence-corrected chi connectivity index (χ2v) is 3.20. The molecule has 0 radical (unpaired) electrons. The molecule has 0 saturated carbocycles. The number of hydrogen-bond acceptors (Lipinski definition) is 1. The summed E-state index contributed by atoms with van der Waals surface area (Å²) in [6.07, 6.45) is 2.32. The topological polar surface area (TPSA) is 12.0 Å². The van der Waals surface area contributed by atoms with Crippen molar-refractivity contribution in [3.05, 3.63) is 35.6 Å². The second-order valence-electron chi connectivity index (χ2n) is 3.20. The van der Waals surface area contributed by atoms with E-state index in [4.69, 9.17) is 0 Å². The Labute approximate surface area is 83.8 Å². The van der Waals surface area contributed by atoms with Crippen molar-refractivity contribution in [2.24, 2.45) is 0 Å². The van der Waals surface area contributed by atoms with Crippen molar-refractivity contribution in [2.75, 3.05) is 6.54 Å². The van der Waals surface area contributed by atoms with Gasteiger partial charge in [-0.3, -0.25) is 0 Å². The van der Waals surface area contributed by atoms with E-state index in [1.807, 2.05) is 6.07 Å². The molecule has 0 aliphatic carbocycles.